The molecule has 3 nitrogen and oxygen atoms in total. The van der Waals surface area contributed by atoms with Crippen molar-refractivity contribution in [2.45, 2.75) is 44.8 Å². The van der Waals surface area contributed by atoms with Crippen molar-refractivity contribution in [3.05, 3.63) is 0 Å². The first kappa shape index (κ1) is 11.4. The summed E-state index contributed by atoms with van der Waals surface area (Å²) in [6.45, 7) is 10.3. The predicted molar refractivity (Wildman–Crippen MR) is 60.0 cm³/mol. The number of ether oxygens (including phenoxy) is 2. The second-order valence-electron chi connectivity index (χ2n) is 5.47. The van der Waals surface area contributed by atoms with Gasteiger partial charge in [-0.05, 0) is 12.8 Å². The molecular weight excluding hydrogens is 190 g/mol. The molecular formula is C12H23NO2. The molecule has 0 aromatic rings. The Morgan fingerprint density at radius 1 is 1.13 bits per heavy atom. The van der Waals surface area contributed by atoms with Crippen LogP contribution in [0.4, 0.5) is 0 Å². The molecule has 2 aliphatic heterocycles. The average molecular weight is 213 g/mol. The SMILES string of the molecule is CC(C)C1(C)CNCC2(CCOCC2)O1. The molecule has 2 fully saturated rings. The van der Waals surface area contributed by atoms with Crippen molar-refractivity contribution >= 4 is 0 Å². The molecule has 2 rings (SSSR count). The molecule has 15 heavy (non-hydrogen) atoms. The molecule has 0 aromatic carbocycles. The molecule has 0 aliphatic carbocycles. The minimum atomic E-state index is -0.0183. The van der Waals surface area contributed by atoms with Crippen LogP contribution in [0.25, 0.3) is 0 Å². The second-order valence-corrected chi connectivity index (χ2v) is 5.47. The third-order valence-corrected chi connectivity index (χ3v) is 4.00. The van der Waals surface area contributed by atoms with Crippen LogP contribution in [0.3, 0.4) is 0 Å². The van der Waals surface area contributed by atoms with Gasteiger partial charge in [-0.1, -0.05) is 13.8 Å². The zero-order valence-electron chi connectivity index (χ0n) is 10.1. The van der Waals surface area contributed by atoms with Crippen LogP contribution in [0.15, 0.2) is 0 Å². The highest BCUT2D eigenvalue weighted by molar-refractivity contribution is 4.97. The summed E-state index contributed by atoms with van der Waals surface area (Å²) in [5.41, 5.74) is 0.0190. The molecule has 1 N–H and O–H groups in total. The lowest BCUT2D eigenvalue weighted by Gasteiger charge is -2.50. The molecule has 0 radical (unpaired) electrons. The molecule has 3 heteroatoms. The van der Waals surface area contributed by atoms with E-state index < -0.39 is 0 Å². The Bertz CT molecular complexity index is 218. The molecule has 88 valence electrons. The fourth-order valence-corrected chi connectivity index (χ4v) is 2.45. The Morgan fingerprint density at radius 3 is 2.40 bits per heavy atom. The van der Waals surface area contributed by atoms with Crippen LogP contribution in [0.5, 0.6) is 0 Å². The zero-order chi connectivity index (χ0) is 10.9. The van der Waals surface area contributed by atoms with Crippen molar-refractivity contribution in [3.63, 3.8) is 0 Å². The minimum absolute atomic E-state index is 0.0183. The van der Waals surface area contributed by atoms with E-state index in [1.165, 1.54) is 0 Å². The molecule has 0 aromatic heterocycles. The van der Waals surface area contributed by atoms with Gasteiger partial charge in [-0.2, -0.15) is 0 Å². The monoisotopic (exact) mass is 213 g/mol. The van der Waals surface area contributed by atoms with E-state index >= 15 is 0 Å². The van der Waals surface area contributed by atoms with Crippen molar-refractivity contribution in [1.29, 1.82) is 0 Å². The van der Waals surface area contributed by atoms with E-state index in [-0.39, 0.29) is 11.2 Å². The molecule has 0 amide bonds. The highest BCUT2D eigenvalue weighted by atomic mass is 16.5. The van der Waals surface area contributed by atoms with E-state index in [9.17, 15) is 0 Å². The van der Waals surface area contributed by atoms with Gasteiger partial charge >= 0.3 is 0 Å². The molecule has 1 atom stereocenters. The van der Waals surface area contributed by atoms with Crippen molar-refractivity contribution in [2.75, 3.05) is 26.3 Å². The van der Waals surface area contributed by atoms with Crippen LogP contribution >= 0.6 is 0 Å². The number of hydrogen-bond acceptors (Lipinski definition) is 3. The summed E-state index contributed by atoms with van der Waals surface area (Å²) in [4.78, 5) is 0. The summed E-state index contributed by atoms with van der Waals surface area (Å²) in [5.74, 6) is 0.546. The van der Waals surface area contributed by atoms with Crippen LogP contribution in [0.2, 0.25) is 0 Å². The van der Waals surface area contributed by atoms with Gasteiger partial charge in [0.25, 0.3) is 0 Å². The van der Waals surface area contributed by atoms with Gasteiger partial charge in [-0.25, -0.2) is 0 Å². The lowest BCUT2D eigenvalue weighted by molar-refractivity contribution is -0.215. The summed E-state index contributed by atoms with van der Waals surface area (Å²) >= 11 is 0. The molecule has 1 unspecified atom stereocenters. The number of morpholine rings is 1. The lowest BCUT2D eigenvalue weighted by Crippen LogP contribution is -2.62. The standard InChI is InChI=1S/C12H23NO2/c1-10(2)11(3)8-13-9-12(15-11)4-6-14-7-5-12/h10,13H,4-9H2,1-3H3. The van der Waals surface area contributed by atoms with E-state index in [0.29, 0.717) is 5.92 Å². The molecule has 2 saturated heterocycles. The Morgan fingerprint density at radius 2 is 1.80 bits per heavy atom. The Hall–Kier alpha value is -0.120. The summed E-state index contributed by atoms with van der Waals surface area (Å²) in [7, 11) is 0. The topological polar surface area (TPSA) is 30.5 Å². The smallest absolute Gasteiger partial charge is 0.0858 e. The Kier molecular flexibility index (Phi) is 3.06. The van der Waals surface area contributed by atoms with Crippen LogP contribution in [0.1, 0.15) is 33.6 Å². The third kappa shape index (κ3) is 2.19. The molecule has 2 heterocycles. The highest BCUT2D eigenvalue weighted by Crippen LogP contribution is 2.35. The summed E-state index contributed by atoms with van der Waals surface area (Å²) < 4.78 is 11.8. The normalized spacial score (nSPS) is 36.0. The van der Waals surface area contributed by atoms with E-state index in [4.69, 9.17) is 9.47 Å². The maximum atomic E-state index is 6.42. The minimum Gasteiger partial charge on any atom is -0.381 e. The molecule has 0 bridgehead atoms. The van der Waals surface area contributed by atoms with Gasteiger partial charge in [0.15, 0.2) is 0 Å². The van der Waals surface area contributed by atoms with Gasteiger partial charge in [-0.15, -0.1) is 0 Å². The molecule has 0 saturated carbocycles. The number of nitrogens with one attached hydrogen (secondary N) is 1. The van der Waals surface area contributed by atoms with Crippen molar-refractivity contribution < 1.29 is 9.47 Å². The van der Waals surface area contributed by atoms with E-state index in [0.717, 1.165) is 39.1 Å². The first-order chi connectivity index (χ1) is 7.06. The second kappa shape index (κ2) is 4.04. The quantitative estimate of drug-likeness (QED) is 0.717. The van der Waals surface area contributed by atoms with Crippen molar-refractivity contribution in [1.82, 2.24) is 5.32 Å². The maximum absolute atomic E-state index is 6.42. The summed E-state index contributed by atoms with van der Waals surface area (Å²) in [6, 6.07) is 0. The van der Waals surface area contributed by atoms with Gasteiger partial charge in [0, 0.05) is 39.1 Å². The lowest BCUT2D eigenvalue weighted by atomic mass is 9.85. The van der Waals surface area contributed by atoms with Gasteiger partial charge < -0.3 is 14.8 Å². The Labute approximate surface area is 92.5 Å². The fourth-order valence-electron chi connectivity index (χ4n) is 2.45. The number of hydrogen-bond donors (Lipinski definition) is 1. The fraction of sp³-hybridized carbons (Fsp3) is 1.00. The maximum Gasteiger partial charge on any atom is 0.0858 e. The van der Waals surface area contributed by atoms with Gasteiger partial charge in [0.2, 0.25) is 0 Å². The zero-order valence-corrected chi connectivity index (χ0v) is 10.1. The predicted octanol–water partition coefficient (Wildman–Crippen LogP) is 1.57. The summed E-state index contributed by atoms with van der Waals surface area (Å²) in [6.07, 6.45) is 2.06. The van der Waals surface area contributed by atoms with E-state index in [1.54, 1.807) is 0 Å². The number of rotatable bonds is 1. The van der Waals surface area contributed by atoms with Crippen molar-refractivity contribution in [3.8, 4) is 0 Å². The average Bonchev–Trinajstić information content (AvgIpc) is 2.18. The van der Waals surface area contributed by atoms with Crippen LogP contribution in [-0.2, 0) is 9.47 Å². The Balaban J connectivity index is 2.08. The van der Waals surface area contributed by atoms with Crippen LogP contribution in [-0.4, -0.2) is 37.5 Å². The first-order valence-corrected chi connectivity index (χ1v) is 6.05. The van der Waals surface area contributed by atoms with Gasteiger partial charge in [0.05, 0.1) is 11.2 Å². The van der Waals surface area contributed by atoms with Crippen molar-refractivity contribution in [2.24, 2.45) is 5.92 Å². The van der Waals surface area contributed by atoms with Crippen LogP contribution in [0, 0.1) is 5.92 Å². The largest absolute Gasteiger partial charge is 0.381 e. The van der Waals surface area contributed by atoms with E-state index in [1.807, 2.05) is 0 Å². The van der Waals surface area contributed by atoms with Crippen LogP contribution < -0.4 is 5.32 Å². The third-order valence-electron chi connectivity index (χ3n) is 4.00. The molecule has 2 aliphatic rings. The summed E-state index contributed by atoms with van der Waals surface area (Å²) in [5, 5.41) is 3.54. The van der Waals surface area contributed by atoms with Gasteiger partial charge in [0.1, 0.15) is 0 Å². The van der Waals surface area contributed by atoms with E-state index in [2.05, 4.69) is 26.1 Å². The highest BCUT2D eigenvalue weighted by Gasteiger charge is 2.45. The van der Waals surface area contributed by atoms with Gasteiger partial charge in [-0.3, -0.25) is 0 Å². The molecule has 1 spiro atoms. The first-order valence-electron chi connectivity index (χ1n) is 6.05.